The molecule has 0 aliphatic heterocycles. The first-order valence-corrected chi connectivity index (χ1v) is 6.98. The van der Waals surface area contributed by atoms with Crippen LogP contribution in [-0.4, -0.2) is 23.1 Å². The number of methoxy groups -OCH3 is 1. The Balaban J connectivity index is 1.55. The third-order valence-electron chi connectivity index (χ3n) is 5.00. The number of ether oxygens (including phenoxy) is 1. The van der Waals surface area contributed by atoms with Crippen molar-refractivity contribution in [3.8, 4) is 5.75 Å². The zero-order chi connectivity index (χ0) is 12.3. The van der Waals surface area contributed by atoms with Crippen LogP contribution in [0.2, 0.25) is 5.15 Å². The van der Waals surface area contributed by atoms with Crippen molar-refractivity contribution in [2.24, 2.45) is 23.7 Å². The lowest BCUT2D eigenvalue weighted by atomic mass is 10.0. The van der Waals surface area contributed by atoms with Gasteiger partial charge in [0.25, 0.3) is 0 Å². The largest absolute Gasteiger partial charge is 0.490 e. The summed E-state index contributed by atoms with van der Waals surface area (Å²) >= 11 is 6.01. The van der Waals surface area contributed by atoms with Crippen molar-refractivity contribution in [1.82, 2.24) is 9.97 Å². The molecule has 96 valence electrons. The minimum Gasteiger partial charge on any atom is -0.490 e. The van der Waals surface area contributed by atoms with E-state index in [-0.39, 0.29) is 0 Å². The van der Waals surface area contributed by atoms with Crippen LogP contribution in [0, 0.1) is 23.7 Å². The summed E-state index contributed by atoms with van der Waals surface area (Å²) in [5.41, 5.74) is 0. The number of anilines is 1. The van der Waals surface area contributed by atoms with Crippen LogP contribution in [-0.2, 0) is 0 Å². The molecule has 0 amide bonds. The topological polar surface area (TPSA) is 47.0 Å². The number of nitrogens with one attached hydrogen (secondary N) is 1. The normalized spacial score (nSPS) is 39.6. The van der Waals surface area contributed by atoms with Gasteiger partial charge < -0.3 is 10.1 Å². The number of hydrogen-bond acceptors (Lipinski definition) is 4. The highest BCUT2D eigenvalue weighted by Crippen LogP contribution is 2.66. The fourth-order valence-electron chi connectivity index (χ4n) is 4.31. The van der Waals surface area contributed by atoms with Gasteiger partial charge in [-0.15, -0.1) is 0 Å². The molecule has 3 saturated carbocycles. The summed E-state index contributed by atoms with van der Waals surface area (Å²) in [5, 5.41) is 3.90. The number of fused-ring (bicyclic) bond motifs is 5. The van der Waals surface area contributed by atoms with E-state index in [4.69, 9.17) is 16.3 Å². The fourth-order valence-corrected chi connectivity index (χ4v) is 4.52. The van der Waals surface area contributed by atoms with E-state index < -0.39 is 0 Å². The lowest BCUT2D eigenvalue weighted by Crippen LogP contribution is -2.14. The molecule has 0 aromatic carbocycles. The first-order chi connectivity index (χ1) is 8.79. The molecule has 18 heavy (non-hydrogen) atoms. The van der Waals surface area contributed by atoms with Crippen molar-refractivity contribution in [3.05, 3.63) is 11.5 Å². The van der Waals surface area contributed by atoms with Crippen molar-refractivity contribution < 1.29 is 4.74 Å². The maximum Gasteiger partial charge on any atom is 0.198 e. The minimum absolute atomic E-state index is 0.379. The van der Waals surface area contributed by atoms with Gasteiger partial charge in [0.05, 0.1) is 7.11 Å². The molecule has 1 aromatic heterocycles. The maximum absolute atomic E-state index is 6.01. The second-order valence-electron chi connectivity index (χ2n) is 5.70. The quantitative estimate of drug-likeness (QED) is 0.854. The van der Waals surface area contributed by atoms with E-state index in [1.54, 1.807) is 7.11 Å². The molecule has 3 aliphatic rings. The molecule has 0 saturated heterocycles. The average Bonchev–Trinajstić information content (AvgIpc) is 2.78. The molecular formula is C13H16ClN3O. The monoisotopic (exact) mass is 265 g/mol. The van der Waals surface area contributed by atoms with E-state index in [0.29, 0.717) is 16.9 Å². The molecule has 2 bridgehead atoms. The standard InChI is InChI=1S/C13H16ClN3O/c1-18-11-12(14)15-5-16-13(11)17-10-8-6-2-3-7(4-6)9(8)10/h5-10H,2-4H2,1H3,(H,15,16,17). The molecule has 1 aromatic rings. The van der Waals surface area contributed by atoms with Gasteiger partial charge in [0.1, 0.15) is 6.33 Å². The van der Waals surface area contributed by atoms with Crippen molar-refractivity contribution >= 4 is 17.4 Å². The Morgan fingerprint density at radius 1 is 1.28 bits per heavy atom. The zero-order valence-electron chi connectivity index (χ0n) is 10.3. The Bertz CT molecular complexity index is 479. The van der Waals surface area contributed by atoms with E-state index in [1.165, 1.54) is 25.6 Å². The molecule has 5 heteroatoms. The summed E-state index contributed by atoms with van der Waals surface area (Å²) in [4.78, 5) is 8.20. The van der Waals surface area contributed by atoms with Crippen LogP contribution in [0.25, 0.3) is 0 Å². The third-order valence-corrected chi connectivity index (χ3v) is 5.27. The molecule has 1 N–H and O–H groups in total. The van der Waals surface area contributed by atoms with Crippen LogP contribution in [0.3, 0.4) is 0 Å². The van der Waals surface area contributed by atoms with Gasteiger partial charge >= 0.3 is 0 Å². The van der Waals surface area contributed by atoms with Crippen molar-refractivity contribution in [3.63, 3.8) is 0 Å². The van der Waals surface area contributed by atoms with Crippen LogP contribution < -0.4 is 10.1 Å². The first kappa shape index (κ1) is 10.9. The van der Waals surface area contributed by atoms with Gasteiger partial charge in [-0.1, -0.05) is 11.6 Å². The second-order valence-corrected chi connectivity index (χ2v) is 6.06. The van der Waals surface area contributed by atoms with Crippen LogP contribution in [0.1, 0.15) is 19.3 Å². The van der Waals surface area contributed by atoms with Gasteiger partial charge in [-0.3, -0.25) is 0 Å². The highest BCUT2D eigenvalue weighted by atomic mass is 35.5. The Kier molecular flexibility index (Phi) is 2.25. The van der Waals surface area contributed by atoms with E-state index in [1.807, 2.05) is 0 Å². The lowest BCUT2D eigenvalue weighted by Gasteiger charge is -2.13. The average molecular weight is 266 g/mol. The molecule has 1 heterocycles. The molecule has 4 nitrogen and oxygen atoms in total. The van der Waals surface area contributed by atoms with Gasteiger partial charge in [-0.2, -0.15) is 0 Å². The van der Waals surface area contributed by atoms with Crippen LogP contribution in [0.4, 0.5) is 5.82 Å². The van der Waals surface area contributed by atoms with Gasteiger partial charge in [0.15, 0.2) is 16.7 Å². The number of nitrogens with zero attached hydrogens (tertiary/aromatic N) is 2. The van der Waals surface area contributed by atoms with Gasteiger partial charge in [-0.25, -0.2) is 9.97 Å². The van der Waals surface area contributed by atoms with E-state index in [2.05, 4.69) is 15.3 Å². The second kappa shape index (κ2) is 3.73. The molecule has 3 aliphatic carbocycles. The Morgan fingerprint density at radius 3 is 2.67 bits per heavy atom. The molecule has 4 unspecified atom stereocenters. The summed E-state index contributed by atoms with van der Waals surface area (Å²) in [5.74, 6) is 4.93. The van der Waals surface area contributed by atoms with E-state index >= 15 is 0 Å². The Hall–Kier alpha value is -1.03. The number of hydrogen-bond donors (Lipinski definition) is 1. The molecule has 4 atom stereocenters. The molecule has 3 fully saturated rings. The Labute approximate surface area is 111 Å². The highest BCUT2D eigenvalue weighted by molar-refractivity contribution is 6.31. The molecule has 0 radical (unpaired) electrons. The maximum atomic E-state index is 6.01. The summed E-state index contributed by atoms with van der Waals surface area (Å²) < 4.78 is 5.28. The first-order valence-electron chi connectivity index (χ1n) is 6.60. The van der Waals surface area contributed by atoms with Crippen LogP contribution in [0.5, 0.6) is 5.75 Å². The van der Waals surface area contributed by atoms with Crippen molar-refractivity contribution in [2.75, 3.05) is 12.4 Å². The SMILES string of the molecule is COc1c(Cl)ncnc1NC1C2C3CCC(C3)C12. The summed E-state index contributed by atoms with van der Waals surface area (Å²) in [7, 11) is 1.60. The smallest absolute Gasteiger partial charge is 0.198 e. The van der Waals surface area contributed by atoms with E-state index in [9.17, 15) is 0 Å². The molecule has 4 rings (SSSR count). The summed E-state index contributed by atoms with van der Waals surface area (Å²) in [6.07, 6.45) is 5.78. The lowest BCUT2D eigenvalue weighted by molar-refractivity contribution is 0.412. The molecule has 0 spiro atoms. The predicted molar refractivity (Wildman–Crippen MR) is 68.8 cm³/mol. The summed E-state index contributed by atoms with van der Waals surface area (Å²) in [6.45, 7) is 0. The predicted octanol–water partition coefficient (Wildman–Crippen LogP) is 2.60. The summed E-state index contributed by atoms with van der Waals surface area (Å²) in [6, 6.07) is 0.580. The number of rotatable bonds is 3. The third kappa shape index (κ3) is 1.38. The van der Waals surface area contributed by atoms with Crippen molar-refractivity contribution in [2.45, 2.75) is 25.3 Å². The Morgan fingerprint density at radius 2 is 2.00 bits per heavy atom. The van der Waals surface area contributed by atoms with Crippen LogP contribution in [0.15, 0.2) is 6.33 Å². The van der Waals surface area contributed by atoms with Crippen LogP contribution >= 0.6 is 11.6 Å². The highest BCUT2D eigenvalue weighted by Gasteiger charge is 2.65. The van der Waals surface area contributed by atoms with Gasteiger partial charge in [0, 0.05) is 6.04 Å². The van der Waals surface area contributed by atoms with Gasteiger partial charge in [-0.05, 0) is 42.9 Å². The minimum atomic E-state index is 0.379. The number of halogens is 1. The number of aromatic nitrogens is 2. The zero-order valence-corrected chi connectivity index (χ0v) is 11.0. The molecular weight excluding hydrogens is 250 g/mol. The van der Waals surface area contributed by atoms with Crippen molar-refractivity contribution in [1.29, 1.82) is 0 Å². The fraction of sp³-hybridized carbons (Fsp3) is 0.692. The van der Waals surface area contributed by atoms with Gasteiger partial charge in [0.2, 0.25) is 0 Å². The van der Waals surface area contributed by atoms with E-state index in [0.717, 1.165) is 29.5 Å².